The van der Waals surface area contributed by atoms with E-state index in [1.807, 2.05) is 0 Å². The number of hydrogen-bond acceptors (Lipinski definition) is 8. The number of carbonyl (C=O) groups is 2. The zero-order valence-corrected chi connectivity index (χ0v) is 15.3. The number of aromatic amines is 1. The summed E-state index contributed by atoms with van der Waals surface area (Å²) in [6.07, 6.45) is 4.78. The lowest BCUT2D eigenvalue weighted by molar-refractivity contribution is -0.123. The second-order valence-corrected chi connectivity index (χ2v) is 6.15. The van der Waals surface area contributed by atoms with Crippen LogP contribution in [0.15, 0.2) is 49.6 Å². The predicted molar refractivity (Wildman–Crippen MR) is 101 cm³/mol. The molecule has 11 heteroatoms. The predicted octanol–water partition coefficient (Wildman–Crippen LogP) is 1.18. The Hall–Kier alpha value is -4.15. The van der Waals surface area contributed by atoms with Crippen LogP contribution in [0.1, 0.15) is 22.8 Å². The zero-order valence-electron chi connectivity index (χ0n) is 15.3. The Labute approximate surface area is 164 Å². The van der Waals surface area contributed by atoms with E-state index in [0.29, 0.717) is 23.3 Å². The standard InChI is InChI=1S/C18H16N8O3/c1-11(17(27)25-16-14-15(21-8-20-14)22-9-23-16)29-18(28)13-4-2-12(3-5-13)6-26-10-19-7-24-26/h2-5,7-11H,6H2,1H3,(H2,20,21,22,23,25,27). The summed E-state index contributed by atoms with van der Waals surface area (Å²) in [6.45, 7) is 2.02. The van der Waals surface area contributed by atoms with Gasteiger partial charge in [-0.15, -0.1) is 0 Å². The van der Waals surface area contributed by atoms with E-state index in [9.17, 15) is 9.59 Å². The van der Waals surface area contributed by atoms with Gasteiger partial charge in [-0.3, -0.25) is 4.79 Å². The van der Waals surface area contributed by atoms with Crippen molar-refractivity contribution in [2.45, 2.75) is 19.6 Å². The minimum Gasteiger partial charge on any atom is -0.449 e. The maximum atomic E-state index is 12.4. The number of rotatable bonds is 6. The van der Waals surface area contributed by atoms with Crippen LogP contribution >= 0.6 is 0 Å². The number of anilines is 1. The summed E-state index contributed by atoms with van der Waals surface area (Å²) < 4.78 is 6.93. The molecule has 4 aromatic rings. The normalized spacial score (nSPS) is 11.9. The summed E-state index contributed by atoms with van der Waals surface area (Å²) in [7, 11) is 0. The number of hydrogen-bond donors (Lipinski definition) is 2. The van der Waals surface area contributed by atoms with Crippen molar-refractivity contribution in [3.05, 3.63) is 60.7 Å². The third-order valence-electron chi connectivity index (χ3n) is 4.12. The summed E-state index contributed by atoms with van der Waals surface area (Å²) in [5.74, 6) is -0.858. The van der Waals surface area contributed by atoms with Gasteiger partial charge in [0, 0.05) is 0 Å². The van der Waals surface area contributed by atoms with Crippen molar-refractivity contribution in [3.8, 4) is 0 Å². The molecule has 146 valence electrons. The van der Waals surface area contributed by atoms with Gasteiger partial charge in [0.25, 0.3) is 5.91 Å². The van der Waals surface area contributed by atoms with Gasteiger partial charge in [-0.25, -0.2) is 29.4 Å². The fourth-order valence-corrected chi connectivity index (χ4v) is 2.61. The van der Waals surface area contributed by atoms with E-state index in [0.717, 1.165) is 5.56 Å². The van der Waals surface area contributed by atoms with Gasteiger partial charge < -0.3 is 15.0 Å². The highest BCUT2D eigenvalue weighted by atomic mass is 16.5. The minimum absolute atomic E-state index is 0.262. The summed E-state index contributed by atoms with van der Waals surface area (Å²) in [5.41, 5.74) is 2.20. The van der Waals surface area contributed by atoms with Gasteiger partial charge in [-0.1, -0.05) is 12.1 Å². The maximum Gasteiger partial charge on any atom is 0.338 e. The number of nitrogens with zero attached hydrogens (tertiary/aromatic N) is 6. The second-order valence-electron chi connectivity index (χ2n) is 6.15. The number of fused-ring (bicyclic) bond motifs is 1. The van der Waals surface area contributed by atoms with Crippen molar-refractivity contribution < 1.29 is 14.3 Å². The molecule has 3 heterocycles. The van der Waals surface area contributed by atoms with Gasteiger partial charge in [-0.05, 0) is 24.6 Å². The third-order valence-corrected chi connectivity index (χ3v) is 4.12. The number of esters is 1. The summed E-state index contributed by atoms with van der Waals surface area (Å²) >= 11 is 0. The van der Waals surface area contributed by atoms with Crippen molar-refractivity contribution in [1.29, 1.82) is 0 Å². The second kappa shape index (κ2) is 7.84. The molecule has 0 saturated heterocycles. The van der Waals surface area contributed by atoms with Gasteiger partial charge >= 0.3 is 5.97 Å². The Morgan fingerprint density at radius 1 is 1.17 bits per heavy atom. The molecular formula is C18H16N8O3. The fraction of sp³-hybridized carbons (Fsp3) is 0.167. The number of nitrogens with one attached hydrogen (secondary N) is 2. The largest absolute Gasteiger partial charge is 0.449 e. The van der Waals surface area contributed by atoms with Crippen molar-refractivity contribution in [2.75, 3.05) is 5.32 Å². The summed E-state index contributed by atoms with van der Waals surface area (Å²) in [4.78, 5) is 43.4. The SMILES string of the molecule is CC(OC(=O)c1ccc(Cn2cncn2)cc1)C(=O)Nc1ncnc2nc[nH]c12. The van der Waals surface area contributed by atoms with Crippen LogP contribution in [0, 0.1) is 0 Å². The Kier molecular flexibility index (Phi) is 4.93. The number of carbonyl (C=O) groups excluding carboxylic acids is 2. The molecule has 0 aliphatic heterocycles. The first-order valence-corrected chi connectivity index (χ1v) is 8.67. The molecule has 11 nitrogen and oxygen atoms in total. The van der Waals surface area contributed by atoms with Crippen LogP contribution in [-0.2, 0) is 16.1 Å². The van der Waals surface area contributed by atoms with Crippen LogP contribution in [-0.4, -0.2) is 52.7 Å². The first-order valence-electron chi connectivity index (χ1n) is 8.67. The summed E-state index contributed by atoms with van der Waals surface area (Å²) in [6, 6.07) is 6.85. The maximum absolute atomic E-state index is 12.4. The van der Waals surface area contributed by atoms with Gasteiger partial charge in [0.15, 0.2) is 17.6 Å². The van der Waals surface area contributed by atoms with Gasteiger partial charge in [0.1, 0.15) is 24.5 Å². The lowest BCUT2D eigenvalue weighted by atomic mass is 10.1. The Bertz CT molecular complexity index is 1140. The molecule has 0 radical (unpaired) electrons. The highest BCUT2D eigenvalue weighted by molar-refractivity contribution is 6.00. The molecule has 3 aromatic heterocycles. The third kappa shape index (κ3) is 4.08. The number of benzene rings is 1. The molecule has 1 atom stereocenters. The lowest BCUT2D eigenvalue weighted by Gasteiger charge is -2.13. The molecular weight excluding hydrogens is 376 g/mol. The smallest absolute Gasteiger partial charge is 0.338 e. The first kappa shape index (κ1) is 18.2. The van der Waals surface area contributed by atoms with E-state index in [4.69, 9.17) is 4.74 Å². The van der Waals surface area contributed by atoms with Gasteiger partial charge in [0.05, 0.1) is 18.4 Å². The minimum atomic E-state index is -1.02. The van der Waals surface area contributed by atoms with Crippen LogP contribution < -0.4 is 5.32 Å². The van der Waals surface area contributed by atoms with Crippen molar-refractivity contribution in [2.24, 2.45) is 0 Å². The van der Waals surface area contributed by atoms with Crippen LogP contribution in [0.4, 0.5) is 5.82 Å². The van der Waals surface area contributed by atoms with E-state index < -0.39 is 18.0 Å². The highest BCUT2D eigenvalue weighted by Crippen LogP contribution is 2.15. The van der Waals surface area contributed by atoms with Crippen LogP contribution in [0.25, 0.3) is 11.2 Å². The van der Waals surface area contributed by atoms with Crippen LogP contribution in [0.2, 0.25) is 0 Å². The van der Waals surface area contributed by atoms with Crippen LogP contribution in [0.5, 0.6) is 0 Å². The van der Waals surface area contributed by atoms with E-state index in [1.165, 1.54) is 25.9 Å². The van der Waals surface area contributed by atoms with E-state index in [-0.39, 0.29) is 5.82 Å². The molecule has 0 fully saturated rings. The molecule has 4 rings (SSSR count). The number of imidazole rings is 1. The van der Waals surface area contributed by atoms with Crippen LogP contribution in [0.3, 0.4) is 0 Å². The molecule has 0 saturated carbocycles. The monoisotopic (exact) mass is 392 g/mol. The van der Waals surface area contributed by atoms with E-state index >= 15 is 0 Å². The molecule has 29 heavy (non-hydrogen) atoms. The molecule has 0 bridgehead atoms. The molecule has 0 aliphatic rings. The number of amides is 1. The van der Waals surface area contributed by atoms with Crippen molar-refractivity contribution in [1.82, 2.24) is 34.7 Å². The molecule has 1 unspecified atom stereocenters. The average Bonchev–Trinajstić information content (AvgIpc) is 3.40. The lowest BCUT2D eigenvalue weighted by Crippen LogP contribution is -2.30. The Morgan fingerprint density at radius 3 is 2.76 bits per heavy atom. The number of aromatic nitrogens is 7. The zero-order chi connectivity index (χ0) is 20.2. The van der Waals surface area contributed by atoms with Crippen molar-refractivity contribution >= 4 is 28.9 Å². The molecule has 1 amide bonds. The topological polar surface area (TPSA) is 141 Å². The van der Waals surface area contributed by atoms with E-state index in [2.05, 4.69) is 35.3 Å². The molecule has 0 spiro atoms. The molecule has 2 N–H and O–H groups in total. The Balaban J connectivity index is 1.37. The molecule has 1 aromatic carbocycles. The quantitative estimate of drug-likeness (QED) is 0.466. The number of ether oxygens (including phenoxy) is 1. The van der Waals surface area contributed by atoms with Crippen molar-refractivity contribution in [3.63, 3.8) is 0 Å². The fourth-order valence-electron chi connectivity index (χ4n) is 2.61. The number of H-pyrrole nitrogens is 1. The van der Waals surface area contributed by atoms with E-state index in [1.54, 1.807) is 35.3 Å². The first-order chi connectivity index (χ1) is 14.1. The molecule has 0 aliphatic carbocycles. The average molecular weight is 392 g/mol. The van der Waals surface area contributed by atoms with Gasteiger partial charge in [-0.2, -0.15) is 5.10 Å². The van der Waals surface area contributed by atoms with Gasteiger partial charge in [0.2, 0.25) is 0 Å². The summed E-state index contributed by atoms with van der Waals surface area (Å²) in [5, 5.41) is 6.64. The Morgan fingerprint density at radius 2 is 2.00 bits per heavy atom. The highest BCUT2D eigenvalue weighted by Gasteiger charge is 2.20.